The first kappa shape index (κ1) is 18.6. The number of amides is 1. The van der Waals surface area contributed by atoms with E-state index in [1.54, 1.807) is 13.8 Å². The van der Waals surface area contributed by atoms with Gasteiger partial charge in [0.05, 0.1) is 11.6 Å². The van der Waals surface area contributed by atoms with Gasteiger partial charge in [-0.05, 0) is 40.5 Å². The van der Waals surface area contributed by atoms with Crippen LogP contribution in [0.15, 0.2) is 6.20 Å². The summed E-state index contributed by atoms with van der Waals surface area (Å²) in [4.78, 5) is 23.6. The lowest BCUT2D eigenvalue weighted by molar-refractivity contribution is -0.125. The summed E-state index contributed by atoms with van der Waals surface area (Å²) in [6, 6.07) is -0.165. The zero-order valence-electron chi connectivity index (χ0n) is 15.4. The first-order chi connectivity index (χ1) is 11.3. The third-order valence-corrected chi connectivity index (χ3v) is 4.54. The van der Waals surface area contributed by atoms with Crippen LogP contribution < -0.4 is 16.0 Å². The number of nitrogens with two attached hydrogens (primary N) is 1. The van der Waals surface area contributed by atoms with Gasteiger partial charge in [0.2, 0.25) is 11.9 Å². The molecular weight excluding hydrogens is 302 g/mol. The fraction of sp³-hybridized carbons (Fsp3) is 0.722. The maximum Gasteiger partial charge on any atom is 0.239 e. The van der Waals surface area contributed by atoms with Crippen molar-refractivity contribution in [3.63, 3.8) is 0 Å². The fourth-order valence-electron chi connectivity index (χ4n) is 2.95. The number of carbonyl (C=O) groups excluding carboxylic acids is 1. The molecule has 0 unspecified atom stereocenters. The second kappa shape index (κ2) is 7.92. The molecule has 0 saturated carbocycles. The molecule has 1 saturated heterocycles. The third kappa shape index (κ3) is 4.90. The van der Waals surface area contributed by atoms with Crippen molar-refractivity contribution in [1.82, 2.24) is 15.3 Å². The molecule has 2 rings (SSSR count). The Hall–Kier alpha value is -1.69. The summed E-state index contributed by atoms with van der Waals surface area (Å²) in [6.45, 7) is 9.34. The standard InChI is InChI=1S/C18H31N5O/c1-13(21-16(24)18(3,4)19)15-12-20-17(22-14(15)2)23-10-8-6-5-7-9-11-23/h12-13H,5-11,19H2,1-4H3,(H,21,24)/t13-/m0/s1. The highest BCUT2D eigenvalue weighted by Crippen LogP contribution is 2.20. The number of nitrogens with zero attached hydrogens (tertiary/aromatic N) is 3. The van der Waals surface area contributed by atoms with Crippen LogP contribution in [0.2, 0.25) is 0 Å². The van der Waals surface area contributed by atoms with Gasteiger partial charge >= 0.3 is 0 Å². The summed E-state index contributed by atoms with van der Waals surface area (Å²) in [5.74, 6) is 0.623. The quantitative estimate of drug-likeness (QED) is 0.884. The molecule has 0 aliphatic carbocycles. The first-order valence-electron chi connectivity index (χ1n) is 8.97. The second-order valence-corrected chi connectivity index (χ2v) is 7.38. The van der Waals surface area contributed by atoms with E-state index in [4.69, 9.17) is 10.7 Å². The molecule has 1 aromatic rings. The third-order valence-electron chi connectivity index (χ3n) is 4.54. The number of nitrogens with one attached hydrogen (secondary N) is 1. The van der Waals surface area contributed by atoms with Crippen molar-refractivity contribution < 1.29 is 4.79 Å². The number of hydrogen-bond donors (Lipinski definition) is 2. The highest BCUT2D eigenvalue weighted by atomic mass is 16.2. The zero-order valence-corrected chi connectivity index (χ0v) is 15.4. The lowest BCUT2D eigenvalue weighted by Crippen LogP contribution is -2.49. The summed E-state index contributed by atoms with van der Waals surface area (Å²) in [5.41, 5.74) is 6.79. The van der Waals surface area contributed by atoms with Gasteiger partial charge < -0.3 is 16.0 Å². The predicted octanol–water partition coefficient (Wildman–Crippen LogP) is 2.47. The molecule has 0 bridgehead atoms. The van der Waals surface area contributed by atoms with Crippen molar-refractivity contribution in [3.05, 3.63) is 17.5 Å². The SMILES string of the molecule is Cc1nc(N2CCCCCCC2)ncc1[C@H](C)NC(=O)C(C)(C)N. The largest absolute Gasteiger partial charge is 0.348 e. The van der Waals surface area contributed by atoms with Crippen molar-refractivity contribution in [2.75, 3.05) is 18.0 Å². The Morgan fingerprint density at radius 3 is 2.38 bits per heavy atom. The van der Waals surface area contributed by atoms with Gasteiger partial charge in [0.25, 0.3) is 0 Å². The number of hydrogen-bond acceptors (Lipinski definition) is 5. The van der Waals surface area contributed by atoms with E-state index < -0.39 is 5.54 Å². The maximum absolute atomic E-state index is 12.1. The molecule has 6 nitrogen and oxygen atoms in total. The van der Waals surface area contributed by atoms with Gasteiger partial charge in [-0.2, -0.15) is 0 Å². The van der Waals surface area contributed by atoms with Gasteiger partial charge in [-0.1, -0.05) is 19.3 Å². The number of anilines is 1. The average molecular weight is 333 g/mol. The van der Waals surface area contributed by atoms with Crippen LogP contribution in [0.4, 0.5) is 5.95 Å². The highest BCUT2D eigenvalue weighted by molar-refractivity contribution is 5.85. The van der Waals surface area contributed by atoms with E-state index in [-0.39, 0.29) is 11.9 Å². The van der Waals surface area contributed by atoms with Crippen LogP contribution >= 0.6 is 0 Å². The van der Waals surface area contributed by atoms with Crippen molar-refractivity contribution in [1.29, 1.82) is 0 Å². The Bertz CT molecular complexity index is 559. The fourth-order valence-corrected chi connectivity index (χ4v) is 2.95. The maximum atomic E-state index is 12.1. The second-order valence-electron chi connectivity index (χ2n) is 7.38. The van der Waals surface area contributed by atoms with Crippen LogP contribution in [-0.2, 0) is 4.79 Å². The molecule has 6 heteroatoms. The average Bonchev–Trinajstić information content (AvgIpc) is 2.45. The highest BCUT2D eigenvalue weighted by Gasteiger charge is 2.24. The van der Waals surface area contributed by atoms with Crippen LogP contribution in [-0.4, -0.2) is 34.5 Å². The van der Waals surface area contributed by atoms with Crippen molar-refractivity contribution in [3.8, 4) is 0 Å². The van der Waals surface area contributed by atoms with Gasteiger partial charge in [0.15, 0.2) is 0 Å². The molecule has 1 aliphatic rings. The molecule has 24 heavy (non-hydrogen) atoms. The molecule has 0 aromatic carbocycles. The predicted molar refractivity (Wildman–Crippen MR) is 96.9 cm³/mol. The topological polar surface area (TPSA) is 84.1 Å². The smallest absolute Gasteiger partial charge is 0.239 e. The summed E-state index contributed by atoms with van der Waals surface area (Å²) in [5, 5.41) is 2.94. The lowest BCUT2D eigenvalue weighted by atomic mass is 10.0. The van der Waals surface area contributed by atoms with Crippen LogP contribution in [0.25, 0.3) is 0 Å². The molecule has 2 heterocycles. The molecule has 0 radical (unpaired) electrons. The van der Waals surface area contributed by atoms with Gasteiger partial charge in [-0.3, -0.25) is 4.79 Å². The minimum atomic E-state index is -0.895. The van der Waals surface area contributed by atoms with E-state index in [0.717, 1.165) is 30.3 Å². The molecule has 134 valence electrons. The molecule has 1 aliphatic heterocycles. The van der Waals surface area contributed by atoms with Gasteiger partial charge in [0, 0.05) is 30.5 Å². The molecular formula is C18H31N5O. The molecule has 1 amide bonds. The van der Waals surface area contributed by atoms with E-state index in [0.29, 0.717) is 0 Å². The summed E-state index contributed by atoms with van der Waals surface area (Å²) < 4.78 is 0. The molecule has 1 fully saturated rings. The molecule has 1 aromatic heterocycles. The van der Waals surface area contributed by atoms with Gasteiger partial charge in [0.1, 0.15) is 0 Å². The molecule has 1 atom stereocenters. The number of rotatable bonds is 4. The van der Waals surface area contributed by atoms with E-state index in [2.05, 4.69) is 15.2 Å². The molecule has 0 spiro atoms. The Morgan fingerprint density at radius 1 is 1.25 bits per heavy atom. The first-order valence-corrected chi connectivity index (χ1v) is 8.97. The Kier molecular flexibility index (Phi) is 6.15. The Labute approximate surface area is 145 Å². The summed E-state index contributed by atoms with van der Waals surface area (Å²) >= 11 is 0. The minimum Gasteiger partial charge on any atom is -0.348 e. The van der Waals surface area contributed by atoms with E-state index in [1.807, 2.05) is 20.0 Å². The van der Waals surface area contributed by atoms with Gasteiger partial charge in [-0.15, -0.1) is 0 Å². The van der Waals surface area contributed by atoms with E-state index in [1.165, 1.54) is 32.1 Å². The summed E-state index contributed by atoms with van der Waals surface area (Å²) in [7, 11) is 0. The Morgan fingerprint density at radius 2 is 1.83 bits per heavy atom. The van der Waals surface area contributed by atoms with Crippen LogP contribution in [0.5, 0.6) is 0 Å². The zero-order chi connectivity index (χ0) is 17.7. The van der Waals surface area contributed by atoms with Crippen LogP contribution in [0, 0.1) is 6.92 Å². The normalized spacial score (nSPS) is 17.8. The van der Waals surface area contributed by atoms with Crippen molar-refractivity contribution in [2.24, 2.45) is 5.73 Å². The van der Waals surface area contributed by atoms with Crippen molar-refractivity contribution in [2.45, 2.75) is 71.4 Å². The lowest BCUT2D eigenvalue weighted by Gasteiger charge is -2.26. The minimum absolute atomic E-state index is 0.165. The van der Waals surface area contributed by atoms with Gasteiger partial charge in [-0.25, -0.2) is 9.97 Å². The van der Waals surface area contributed by atoms with Crippen molar-refractivity contribution >= 4 is 11.9 Å². The van der Waals surface area contributed by atoms with Crippen LogP contribution in [0.3, 0.4) is 0 Å². The van der Waals surface area contributed by atoms with E-state index >= 15 is 0 Å². The monoisotopic (exact) mass is 333 g/mol. The number of aromatic nitrogens is 2. The number of carbonyl (C=O) groups is 1. The summed E-state index contributed by atoms with van der Waals surface area (Å²) in [6.07, 6.45) is 8.13. The number of aryl methyl sites for hydroxylation is 1. The molecule has 3 N–H and O–H groups in total. The van der Waals surface area contributed by atoms with E-state index in [9.17, 15) is 4.79 Å². The van der Waals surface area contributed by atoms with Crippen LogP contribution in [0.1, 0.15) is 70.2 Å². The Balaban J connectivity index is 2.09.